The number of halogens is 1. The van der Waals surface area contributed by atoms with Crippen LogP contribution in [-0.4, -0.2) is 16.8 Å². The van der Waals surface area contributed by atoms with Gasteiger partial charge in [-0.2, -0.15) is 4.79 Å². The first-order valence-corrected chi connectivity index (χ1v) is 5.95. The molecule has 1 fully saturated rings. The standard InChI is InChI=1S/C12H11BrN2O/c13-10-3-1-8(2-4-10)5-9-6-11(9)12(7-16)15-14/h1-4,7,9,11H,5-6H2. The Kier molecular flexibility index (Phi) is 3.32. The number of hydrogen-bond donors (Lipinski definition) is 0. The van der Waals surface area contributed by atoms with Crippen LogP contribution in [0.1, 0.15) is 12.0 Å². The summed E-state index contributed by atoms with van der Waals surface area (Å²) in [5.41, 5.74) is 10.1. The van der Waals surface area contributed by atoms with Crippen molar-refractivity contribution < 1.29 is 9.58 Å². The molecule has 0 heterocycles. The molecule has 0 saturated heterocycles. The monoisotopic (exact) mass is 278 g/mol. The van der Waals surface area contributed by atoms with Crippen molar-refractivity contribution in [2.75, 3.05) is 0 Å². The van der Waals surface area contributed by atoms with Gasteiger partial charge in [-0.3, -0.25) is 4.79 Å². The van der Waals surface area contributed by atoms with E-state index in [0.29, 0.717) is 12.2 Å². The maximum absolute atomic E-state index is 10.6. The van der Waals surface area contributed by atoms with Gasteiger partial charge in [0.2, 0.25) is 6.29 Å². The quantitative estimate of drug-likeness (QED) is 0.361. The average molecular weight is 279 g/mol. The van der Waals surface area contributed by atoms with Gasteiger partial charge in [0.05, 0.1) is 5.92 Å². The lowest BCUT2D eigenvalue weighted by molar-refractivity contribution is -0.107. The second-order valence-electron chi connectivity index (χ2n) is 4.08. The Morgan fingerprint density at radius 3 is 2.75 bits per heavy atom. The van der Waals surface area contributed by atoms with Gasteiger partial charge >= 0.3 is 5.71 Å². The van der Waals surface area contributed by atoms with Crippen LogP contribution in [0.2, 0.25) is 0 Å². The van der Waals surface area contributed by atoms with Crippen LogP contribution < -0.4 is 0 Å². The molecule has 0 N–H and O–H groups in total. The van der Waals surface area contributed by atoms with Gasteiger partial charge in [-0.25, -0.2) is 0 Å². The van der Waals surface area contributed by atoms with E-state index >= 15 is 0 Å². The molecule has 16 heavy (non-hydrogen) atoms. The summed E-state index contributed by atoms with van der Waals surface area (Å²) in [7, 11) is 0. The van der Waals surface area contributed by atoms with Crippen LogP contribution in [0, 0.1) is 11.8 Å². The molecule has 0 radical (unpaired) electrons. The van der Waals surface area contributed by atoms with Gasteiger partial charge in [-0.05, 0) is 36.5 Å². The van der Waals surface area contributed by atoms with Crippen molar-refractivity contribution in [3.8, 4) is 0 Å². The number of hydrogen-bond acceptors (Lipinski definition) is 1. The lowest BCUT2D eigenvalue weighted by atomic mass is 10.1. The fraction of sp³-hybridized carbons (Fsp3) is 0.333. The van der Waals surface area contributed by atoms with Crippen LogP contribution in [0.5, 0.6) is 0 Å². The predicted molar refractivity (Wildman–Crippen MR) is 64.1 cm³/mol. The van der Waals surface area contributed by atoms with Crippen LogP contribution in [0.25, 0.3) is 5.53 Å². The van der Waals surface area contributed by atoms with E-state index in [2.05, 4.69) is 32.9 Å². The number of rotatable bonds is 4. The van der Waals surface area contributed by atoms with Gasteiger partial charge in [-0.15, -0.1) is 0 Å². The van der Waals surface area contributed by atoms with Gasteiger partial charge in [0.15, 0.2) is 0 Å². The minimum absolute atomic E-state index is 0.145. The van der Waals surface area contributed by atoms with Crippen LogP contribution >= 0.6 is 15.9 Å². The zero-order valence-corrected chi connectivity index (χ0v) is 10.2. The van der Waals surface area contributed by atoms with Crippen molar-refractivity contribution in [1.82, 2.24) is 0 Å². The summed E-state index contributed by atoms with van der Waals surface area (Å²) in [4.78, 5) is 13.6. The highest BCUT2D eigenvalue weighted by molar-refractivity contribution is 9.10. The zero-order chi connectivity index (χ0) is 11.5. The first kappa shape index (κ1) is 11.2. The van der Waals surface area contributed by atoms with E-state index in [1.165, 1.54) is 5.56 Å². The third-order valence-corrected chi connectivity index (χ3v) is 3.48. The number of carbonyl (C=O) groups is 1. The molecule has 2 unspecified atom stereocenters. The SMILES string of the molecule is [N-]=[N+]=C(C=O)C1CC1Cc1ccc(Br)cc1. The molecule has 1 aromatic rings. The van der Waals surface area contributed by atoms with E-state index in [-0.39, 0.29) is 11.6 Å². The second-order valence-corrected chi connectivity index (χ2v) is 4.99. The highest BCUT2D eigenvalue weighted by atomic mass is 79.9. The normalized spacial score (nSPS) is 22.3. The lowest BCUT2D eigenvalue weighted by Gasteiger charge is -1.98. The molecule has 1 saturated carbocycles. The summed E-state index contributed by atoms with van der Waals surface area (Å²) in [6, 6.07) is 8.15. The van der Waals surface area contributed by atoms with Crippen molar-refractivity contribution in [3.63, 3.8) is 0 Å². The molecule has 1 aliphatic rings. The molecule has 0 amide bonds. The first-order chi connectivity index (χ1) is 7.74. The maximum atomic E-state index is 10.6. The van der Waals surface area contributed by atoms with Crippen molar-refractivity contribution in [2.24, 2.45) is 11.8 Å². The molecule has 82 valence electrons. The van der Waals surface area contributed by atoms with E-state index in [4.69, 9.17) is 5.53 Å². The van der Waals surface area contributed by atoms with E-state index < -0.39 is 0 Å². The van der Waals surface area contributed by atoms with Crippen LogP contribution in [0.3, 0.4) is 0 Å². The topological polar surface area (TPSA) is 53.5 Å². The summed E-state index contributed by atoms with van der Waals surface area (Å²) in [6.07, 6.45) is 2.52. The first-order valence-electron chi connectivity index (χ1n) is 5.16. The van der Waals surface area contributed by atoms with E-state index in [1.54, 1.807) is 0 Å². The Morgan fingerprint density at radius 1 is 1.50 bits per heavy atom. The maximum Gasteiger partial charge on any atom is 0.334 e. The summed E-state index contributed by atoms with van der Waals surface area (Å²) < 4.78 is 1.06. The molecule has 1 aliphatic carbocycles. The molecule has 4 heteroatoms. The van der Waals surface area contributed by atoms with Crippen molar-refractivity contribution >= 4 is 27.9 Å². The third-order valence-electron chi connectivity index (χ3n) is 2.95. The number of aldehydes is 1. The summed E-state index contributed by atoms with van der Waals surface area (Å²) in [6.45, 7) is 0. The Bertz CT molecular complexity index is 449. The molecule has 2 atom stereocenters. The Balaban J connectivity index is 1.97. The Morgan fingerprint density at radius 2 is 2.19 bits per heavy atom. The summed E-state index contributed by atoms with van der Waals surface area (Å²) in [5.74, 6) is 0.587. The van der Waals surface area contributed by atoms with Crippen molar-refractivity contribution in [2.45, 2.75) is 12.8 Å². The largest absolute Gasteiger partial charge is 0.361 e. The fourth-order valence-electron chi connectivity index (χ4n) is 1.94. The van der Waals surface area contributed by atoms with Crippen molar-refractivity contribution in [3.05, 3.63) is 39.8 Å². The highest BCUT2D eigenvalue weighted by Crippen LogP contribution is 2.41. The van der Waals surface area contributed by atoms with Gasteiger partial charge < -0.3 is 5.53 Å². The predicted octanol–water partition coefficient (Wildman–Crippen LogP) is 2.50. The zero-order valence-electron chi connectivity index (χ0n) is 8.64. The fourth-order valence-corrected chi connectivity index (χ4v) is 2.21. The molecule has 0 spiro atoms. The minimum Gasteiger partial charge on any atom is -0.361 e. The van der Waals surface area contributed by atoms with Crippen molar-refractivity contribution in [1.29, 1.82) is 0 Å². The molecule has 2 rings (SSSR count). The third kappa shape index (κ3) is 2.46. The molecule has 1 aromatic carbocycles. The highest BCUT2D eigenvalue weighted by Gasteiger charge is 2.45. The van der Waals surface area contributed by atoms with Gasteiger partial charge in [-0.1, -0.05) is 28.1 Å². The van der Waals surface area contributed by atoms with Crippen LogP contribution in [-0.2, 0) is 11.2 Å². The molecule has 0 bridgehead atoms. The smallest absolute Gasteiger partial charge is 0.334 e. The van der Waals surface area contributed by atoms with Gasteiger partial charge in [0.1, 0.15) is 0 Å². The van der Waals surface area contributed by atoms with Gasteiger partial charge in [0, 0.05) is 4.47 Å². The number of benzene rings is 1. The number of carbonyl (C=O) groups excluding carboxylic acids is 1. The van der Waals surface area contributed by atoms with Gasteiger partial charge in [0.25, 0.3) is 0 Å². The Hall–Kier alpha value is -1.25. The van der Waals surface area contributed by atoms with Crippen LogP contribution in [0.15, 0.2) is 28.7 Å². The van der Waals surface area contributed by atoms with Crippen LogP contribution in [0.4, 0.5) is 0 Å². The minimum atomic E-state index is 0.145. The molecular weight excluding hydrogens is 268 g/mol. The Labute approximate surface area is 102 Å². The molecule has 3 nitrogen and oxygen atoms in total. The summed E-state index contributed by atoms with van der Waals surface area (Å²) in [5, 5.41) is 0. The lowest BCUT2D eigenvalue weighted by Crippen LogP contribution is -2.06. The molecular formula is C12H11BrN2O. The van der Waals surface area contributed by atoms with E-state index in [1.807, 2.05) is 12.1 Å². The molecule has 0 aromatic heterocycles. The van der Waals surface area contributed by atoms with E-state index in [0.717, 1.165) is 17.3 Å². The number of nitrogens with zero attached hydrogens (tertiary/aromatic N) is 2. The summed E-state index contributed by atoms with van der Waals surface area (Å²) >= 11 is 3.39. The van der Waals surface area contributed by atoms with E-state index in [9.17, 15) is 4.79 Å². The average Bonchev–Trinajstić information content (AvgIpc) is 3.03. The molecule has 0 aliphatic heterocycles. The second kappa shape index (κ2) is 4.73.